The number of carbonyl (C=O) groups is 4. The number of allylic oxidation sites excluding steroid dienone is 1. The largest absolute Gasteiger partial charge is 0.497 e. The standard InChI is InChI=1S/C42H59N5O9S/c1-8-9-10-11-12-13-27(4)41(6,38(50)46-57(52,53)40(5)20-21-40)45-37(49)33-23-42(25-47(33)34(48)24-43-39(51)55-26(2)3)19-18-30-31-22-29(54-7)16-17-32(31)44-35(28-14-15-28)36(30)56-42/h12-13,16-17,22,26-28,33H,8-11,14-15,18-21,23-25H2,1-7H3,(H,43,51)(H,45,49)(H,46,50). The van der Waals surface area contributed by atoms with E-state index in [0.717, 1.165) is 60.7 Å². The van der Waals surface area contributed by atoms with Gasteiger partial charge >= 0.3 is 6.09 Å². The summed E-state index contributed by atoms with van der Waals surface area (Å²) >= 11 is 0. The minimum atomic E-state index is -4.04. The monoisotopic (exact) mass is 809 g/mol. The predicted octanol–water partition coefficient (Wildman–Crippen LogP) is 5.57. The van der Waals surface area contributed by atoms with Crippen molar-refractivity contribution in [3.8, 4) is 11.5 Å². The zero-order valence-corrected chi connectivity index (χ0v) is 35.2. The first-order chi connectivity index (χ1) is 26.9. The Morgan fingerprint density at radius 2 is 1.86 bits per heavy atom. The average Bonchev–Trinajstić information content (AvgIpc) is 4.11. The van der Waals surface area contributed by atoms with Crippen molar-refractivity contribution >= 4 is 44.7 Å². The number of aromatic nitrogens is 1. The number of aryl methyl sites for hydroxylation is 1. The van der Waals surface area contributed by atoms with E-state index in [1.165, 1.54) is 11.8 Å². The predicted molar refractivity (Wildman–Crippen MR) is 215 cm³/mol. The molecular formula is C42H59N5O9S. The van der Waals surface area contributed by atoms with Gasteiger partial charge in [0.1, 0.15) is 35.2 Å². The van der Waals surface area contributed by atoms with Crippen molar-refractivity contribution in [2.24, 2.45) is 5.92 Å². The molecule has 312 valence electrons. The summed E-state index contributed by atoms with van der Waals surface area (Å²) in [4.78, 5) is 61.7. The van der Waals surface area contributed by atoms with Gasteiger partial charge in [0.05, 0.1) is 35.7 Å². The lowest BCUT2D eigenvalue weighted by atomic mass is 9.84. The van der Waals surface area contributed by atoms with Crippen molar-refractivity contribution in [2.45, 2.75) is 146 Å². The number of nitrogens with one attached hydrogen (secondary N) is 3. The Hall–Kier alpha value is -4.40. The van der Waals surface area contributed by atoms with E-state index in [1.807, 2.05) is 30.4 Å². The van der Waals surface area contributed by atoms with Crippen LogP contribution >= 0.6 is 0 Å². The van der Waals surface area contributed by atoms with Gasteiger partial charge in [0.25, 0.3) is 5.91 Å². The van der Waals surface area contributed by atoms with Crippen LogP contribution in [0.4, 0.5) is 4.79 Å². The van der Waals surface area contributed by atoms with Crippen LogP contribution < -0.4 is 24.8 Å². The molecule has 4 atom stereocenters. The van der Waals surface area contributed by atoms with E-state index in [2.05, 4.69) is 22.3 Å². The fourth-order valence-electron chi connectivity index (χ4n) is 7.78. The smallest absolute Gasteiger partial charge is 0.407 e. The van der Waals surface area contributed by atoms with Crippen molar-refractivity contribution in [3.05, 3.63) is 41.6 Å². The fourth-order valence-corrected chi connectivity index (χ4v) is 9.12. The van der Waals surface area contributed by atoms with E-state index in [-0.39, 0.29) is 18.9 Å². The normalized spacial score (nSPS) is 22.7. The highest BCUT2D eigenvalue weighted by Gasteiger charge is 2.56. The number of alkyl carbamates (subject to hydrolysis) is 1. The van der Waals surface area contributed by atoms with Gasteiger partial charge in [0.2, 0.25) is 21.8 Å². The number of unbranched alkanes of at least 4 members (excludes halogenated alkanes) is 3. The van der Waals surface area contributed by atoms with Crippen LogP contribution in [0.3, 0.4) is 0 Å². The Morgan fingerprint density at radius 1 is 1.12 bits per heavy atom. The lowest BCUT2D eigenvalue weighted by molar-refractivity contribution is -0.140. The van der Waals surface area contributed by atoms with Crippen LogP contribution in [0.1, 0.15) is 123 Å². The third kappa shape index (κ3) is 9.02. The molecule has 0 radical (unpaired) electrons. The summed E-state index contributed by atoms with van der Waals surface area (Å²) in [6, 6.07) is 4.67. The number of rotatable bonds is 16. The van der Waals surface area contributed by atoms with Crippen molar-refractivity contribution in [1.82, 2.24) is 25.2 Å². The second kappa shape index (κ2) is 16.5. The third-order valence-corrected chi connectivity index (χ3v) is 14.3. The van der Waals surface area contributed by atoms with Gasteiger partial charge in [0.15, 0.2) is 0 Å². The number of methoxy groups -OCH3 is 1. The third-order valence-electron chi connectivity index (χ3n) is 12.1. The topological polar surface area (TPSA) is 182 Å². The van der Waals surface area contributed by atoms with Gasteiger partial charge in [-0.25, -0.2) is 18.2 Å². The molecule has 4 aliphatic rings. The molecule has 2 aromatic rings. The number of pyridine rings is 1. The number of hydrogen-bond donors (Lipinski definition) is 3. The number of hydrogen-bond acceptors (Lipinski definition) is 10. The van der Waals surface area contributed by atoms with Crippen molar-refractivity contribution in [1.29, 1.82) is 0 Å². The maximum Gasteiger partial charge on any atom is 0.407 e. The molecule has 1 aromatic carbocycles. The number of nitrogens with zero attached hydrogens (tertiary/aromatic N) is 2. The number of carbonyl (C=O) groups excluding carboxylic acids is 4. The van der Waals surface area contributed by atoms with E-state index in [0.29, 0.717) is 37.2 Å². The number of sulfonamides is 1. The van der Waals surface area contributed by atoms with Gasteiger partial charge in [0, 0.05) is 29.2 Å². The first kappa shape index (κ1) is 42.2. The quantitative estimate of drug-likeness (QED) is 0.143. The van der Waals surface area contributed by atoms with Gasteiger partial charge in [-0.2, -0.15) is 0 Å². The Bertz CT molecular complexity index is 2030. The van der Waals surface area contributed by atoms with Gasteiger partial charge in [-0.1, -0.05) is 38.8 Å². The maximum atomic E-state index is 14.7. The molecule has 1 aromatic heterocycles. The molecule has 1 saturated heterocycles. The molecule has 57 heavy (non-hydrogen) atoms. The van der Waals surface area contributed by atoms with E-state index in [1.54, 1.807) is 34.8 Å². The van der Waals surface area contributed by atoms with Gasteiger partial charge in [-0.05, 0) is 97.3 Å². The van der Waals surface area contributed by atoms with Crippen LogP contribution in [0.15, 0.2) is 30.4 Å². The number of amides is 4. The van der Waals surface area contributed by atoms with Gasteiger partial charge in [-0.3, -0.25) is 19.1 Å². The number of ether oxygens (including phenoxy) is 3. The number of likely N-dealkylation sites (tertiary alicyclic amines) is 1. The zero-order chi connectivity index (χ0) is 41.3. The summed E-state index contributed by atoms with van der Waals surface area (Å²) in [5.41, 5.74) is -0.000172. The molecule has 2 aliphatic carbocycles. The lowest BCUT2D eigenvalue weighted by Crippen LogP contribution is -2.64. The van der Waals surface area contributed by atoms with E-state index < -0.39 is 74.3 Å². The molecule has 3 heterocycles. The van der Waals surface area contributed by atoms with Gasteiger partial charge < -0.3 is 29.7 Å². The number of benzene rings is 1. The summed E-state index contributed by atoms with van der Waals surface area (Å²) in [5, 5.41) is 6.34. The van der Waals surface area contributed by atoms with Crippen LogP contribution in [0.5, 0.6) is 11.5 Å². The highest BCUT2D eigenvalue weighted by atomic mass is 32.2. The molecule has 1 spiro atoms. The molecule has 0 bridgehead atoms. The molecule has 4 unspecified atom stereocenters. The molecule has 2 saturated carbocycles. The Balaban J connectivity index is 1.32. The molecular weight excluding hydrogens is 751 g/mol. The average molecular weight is 810 g/mol. The second-order valence-corrected chi connectivity index (χ2v) is 19.3. The molecule has 3 N–H and O–H groups in total. The van der Waals surface area contributed by atoms with Crippen LogP contribution in [-0.4, -0.2) is 90.3 Å². The summed E-state index contributed by atoms with van der Waals surface area (Å²) in [5.74, 6) is -1.07. The van der Waals surface area contributed by atoms with Crippen molar-refractivity contribution in [2.75, 3.05) is 20.2 Å². The maximum absolute atomic E-state index is 14.7. The molecule has 14 nitrogen and oxygen atoms in total. The Kier molecular flexibility index (Phi) is 12.2. The van der Waals surface area contributed by atoms with Gasteiger partial charge in [-0.15, -0.1) is 0 Å². The van der Waals surface area contributed by atoms with Crippen LogP contribution in [0.2, 0.25) is 0 Å². The van der Waals surface area contributed by atoms with E-state index >= 15 is 0 Å². The first-order valence-electron chi connectivity index (χ1n) is 20.4. The minimum Gasteiger partial charge on any atom is -0.497 e. The zero-order valence-electron chi connectivity index (χ0n) is 34.4. The second-order valence-electron chi connectivity index (χ2n) is 17.1. The molecule has 3 fully saturated rings. The summed E-state index contributed by atoms with van der Waals surface area (Å²) in [7, 11) is -2.43. The molecule has 2 aliphatic heterocycles. The van der Waals surface area contributed by atoms with Crippen molar-refractivity contribution < 1.29 is 41.8 Å². The number of fused-ring (bicyclic) bond motifs is 3. The van der Waals surface area contributed by atoms with Crippen LogP contribution in [0, 0.1) is 5.92 Å². The molecule has 6 rings (SSSR count). The highest BCUT2D eigenvalue weighted by molar-refractivity contribution is 7.91. The van der Waals surface area contributed by atoms with E-state index in [9.17, 15) is 27.6 Å². The molecule has 4 amide bonds. The summed E-state index contributed by atoms with van der Waals surface area (Å²) < 4.78 is 45.6. The Morgan fingerprint density at radius 3 is 2.51 bits per heavy atom. The van der Waals surface area contributed by atoms with Crippen molar-refractivity contribution in [3.63, 3.8) is 0 Å². The first-order valence-corrected chi connectivity index (χ1v) is 21.9. The molecule has 15 heteroatoms. The lowest BCUT2D eigenvalue weighted by Gasteiger charge is -2.37. The van der Waals surface area contributed by atoms with E-state index in [4.69, 9.17) is 19.2 Å². The fraction of sp³-hybridized carbons (Fsp3) is 0.643. The summed E-state index contributed by atoms with van der Waals surface area (Å²) in [6.07, 6.45) is 10.4. The highest BCUT2D eigenvalue weighted by Crippen LogP contribution is 2.51. The van der Waals surface area contributed by atoms with Crippen LogP contribution in [0.25, 0.3) is 10.9 Å². The Labute approximate surface area is 336 Å². The SMILES string of the molecule is CCCCCC=CC(C)C(C)(NC(=O)C1CC2(CCc3c(c(C4CC4)nc4ccc(OC)cc34)O2)CN1C(=O)CNC(=O)OC(C)C)C(=O)NS(=O)(=O)C1(C)CC1. The minimum absolute atomic E-state index is 0.0348. The van der Waals surface area contributed by atoms with Crippen LogP contribution in [-0.2, 0) is 35.6 Å². The summed E-state index contributed by atoms with van der Waals surface area (Å²) in [6.45, 7) is 9.97.